The molecule has 0 saturated heterocycles. The van der Waals surface area contributed by atoms with Crippen molar-refractivity contribution in [2.75, 3.05) is 0 Å². The molecule has 4 nitrogen and oxygen atoms in total. The lowest BCUT2D eigenvalue weighted by Crippen LogP contribution is -1.91. The van der Waals surface area contributed by atoms with Gasteiger partial charge in [0.05, 0.1) is 21.5 Å². The molecule has 138 valence electrons. The highest BCUT2D eigenvalue weighted by atomic mass is 32.1. The van der Waals surface area contributed by atoms with Gasteiger partial charge in [-0.25, -0.2) is 4.98 Å². The van der Waals surface area contributed by atoms with Gasteiger partial charge < -0.3 is 5.41 Å². The van der Waals surface area contributed by atoms with Crippen LogP contribution in [0.5, 0.6) is 0 Å². The molecule has 3 heterocycles. The molecule has 0 fully saturated rings. The predicted molar refractivity (Wildman–Crippen MR) is 115 cm³/mol. The van der Waals surface area contributed by atoms with Crippen LogP contribution in [-0.4, -0.2) is 16.2 Å². The highest BCUT2D eigenvalue weighted by Crippen LogP contribution is 2.34. The minimum absolute atomic E-state index is 0.535. The van der Waals surface area contributed by atoms with Crippen LogP contribution in [0.3, 0.4) is 0 Å². The highest BCUT2D eigenvalue weighted by molar-refractivity contribution is 7.17. The van der Waals surface area contributed by atoms with Crippen molar-refractivity contribution < 1.29 is 0 Å². The van der Waals surface area contributed by atoms with E-state index in [0.717, 1.165) is 38.5 Å². The molecule has 3 rings (SSSR count). The molecule has 0 aliphatic heterocycles. The zero-order valence-corrected chi connectivity index (χ0v) is 17.0. The van der Waals surface area contributed by atoms with Crippen LogP contribution in [-0.2, 0) is 0 Å². The maximum atomic E-state index is 9.26. The van der Waals surface area contributed by atoms with Crippen LogP contribution in [0.15, 0.2) is 42.0 Å². The van der Waals surface area contributed by atoms with E-state index in [-0.39, 0.29) is 0 Å². The average Bonchev–Trinajstić information content (AvgIpc) is 3.12. The number of thiophene rings is 1. The molecule has 0 spiro atoms. The summed E-state index contributed by atoms with van der Waals surface area (Å²) >= 11 is 1.59. The summed E-state index contributed by atoms with van der Waals surface area (Å²) in [5.41, 5.74) is 4.69. The monoisotopic (exact) mass is 376 g/mol. The maximum absolute atomic E-state index is 9.26. The van der Waals surface area contributed by atoms with Gasteiger partial charge in [-0.3, -0.25) is 4.98 Å². The molecule has 0 aliphatic carbocycles. The topological polar surface area (TPSA) is 73.4 Å². The summed E-state index contributed by atoms with van der Waals surface area (Å²) in [6.45, 7) is 8.53. The normalized spacial score (nSPS) is 11.0. The van der Waals surface area contributed by atoms with E-state index in [2.05, 4.69) is 31.8 Å². The first-order valence-corrected chi connectivity index (χ1v) is 9.83. The number of hydrogen-bond donors (Lipinski definition) is 1. The fourth-order valence-corrected chi connectivity index (χ4v) is 3.19. The van der Waals surface area contributed by atoms with E-state index in [1.54, 1.807) is 23.7 Å². The fraction of sp³-hybridized carbons (Fsp3) is 0.273. The SMILES string of the molecule is C/C=C(\C=N)c1ccc2scc(-c3ccncc3C#N)c2n1.CCC(C)C. The zero-order valence-electron chi connectivity index (χ0n) is 16.2. The molecule has 27 heavy (non-hydrogen) atoms. The number of nitrogens with one attached hydrogen (secondary N) is 1. The first kappa shape index (κ1) is 20.5. The predicted octanol–water partition coefficient (Wildman–Crippen LogP) is 6.34. The van der Waals surface area contributed by atoms with Crippen molar-refractivity contribution in [3.05, 3.63) is 53.3 Å². The fourth-order valence-electron chi connectivity index (χ4n) is 2.29. The minimum atomic E-state index is 0.535. The number of allylic oxidation sites excluding steroid dienone is 2. The van der Waals surface area contributed by atoms with Gasteiger partial charge in [-0.2, -0.15) is 5.26 Å². The minimum Gasteiger partial charge on any atom is -0.308 e. The second-order valence-electron chi connectivity index (χ2n) is 6.42. The molecule has 0 saturated carbocycles. The largest absolute Gasteiger partial charge is 0.308 e. The van der Waals surface area contributed by atoms with Gasteiger partial charge in [-0.05, 0) is 31.0 Å². The van der Waals surface area contributed by atoms with Crippen LogP contribution in [0.4, 0.5) is 0 Å². The molecule has 0 unspecified atom stereocenters. The Bertz CT molecular complexity index is 993. The molecule has 3 aromatic rings. The molecule has 0 bridgehead atoms. The van der Waals surface area contributed by atoms with Crippen molar-refractivity contribution in [2.24, 2.45) is 5.92 Å². The number of hydrogen-bond acceptors (Lipinski definition) is 5. The Morgan fingerprint density at radius 3 is 2.63 bits per heavy atom. The van der Waals surface area contributed by atoms with Gasteiger partial charge in [0.25, 0.3) is 0 Å². The second-order valence-corrected chi connectivity index (χ2v) is 7.33. The van der Waals surface area contributed by atoms with Crippen LogP contribution >= 0.6 is 11.3 Å². The first-order valence-electron chi connectivity index (χ1n) is 8.95. The van der Waals surface area contributed by atoms with Gasteiger partial charge in [-0.1, -0.05) is 33.3 Å². The van der Waals surface area contributed by atoms with Crippen molar-refractivity contribution in [1.29, 1.82) is 10.7 Å². The Kier molecular flexibility index (Phi) is 7.39. The molecular weight excluding hydrogens is 352 g/mol. The van der Waals surface area contributed by atoms with E-state index in [4.69, 9.17) is 10.4 Å². The zero-order chi connectivity index (χ0) is 19.8. The highest BCUT2D eigenvalue weighted by Gasteiger charge is 2.13. The standard InChI is InChI=1S/C17H12N4S.C5H12/c1-2-11(7-18)15-3-4-16-17(21-15)14(10-22-16)13-5-6-20-9-12(13)8-19;1-4-5(2)3/h2-7,9-10,18H,1H3;5H,4H2,1-3H3/b11-2+,18-7?;. The smallest absolute Gasteiger partial charge is 0.101 e. The van der Waals surface area contributed by atoms with Crippen molar-refractivity contribution in [3.63, 3.8) is 0 Å². The van der Waals surface area contributed by atoms with Crippen molar-refractivity contribution in [2.45, 2.75) is 34.1 Å². The summed E-state index contributed by atoms with van der Waals surface area (Å²) in [4.78, 5) is 8.69. The number of fused-ring (bicyclic) bond motifs is 1. The first-order chi connectivity index (χ1) is 13.0. The van der Waals surface area contributed by atoms with Crippen molar-refractivity contribution >= 4 is 33.3 Å². The molecule has 3 aromatic heterocycles. The lowest BCUT2D eigenvalue weighted by atomic mass is 10.0. The van der Waals surface area contributed by atoms with E-state index in [1.165, 1.54) is 12.6 Å². The van der Waals surface area contributed by atoms with E-state index in [1.807, 2.05) is 36.6 Å². The van der Waals surface area contributed by atoms with Gasteiger partial charge in [0, 0.05) is 40.7 Å². The molecule has 0 atom stereocenters. The summed E-state index contributed by atoms with van der Waals surface area (Å²) in [6.07, 6.45) is 7.71. The quantitative estimate of drug-likeness (QED) is 0.540. The Labute approximate surface area is 164 Å². The third kappa shape index (κ3) is 4.87. The van der Waals surface area contributed by atoms with Crippen LogP contribution in [0, 0.1) is 22.7 Å². The molecule has 5 heteroatoms. The molecule has 0 radical (unpaired) electrons. The van der Waals surface area contributed by atoms with E-state index < -0.39 is 0 Å². The van der Waals surface area contributed by atoms with E-state index >= 15 is 0 Å². The lowest BCUT2D eigenvalue weighted by molar-refractivity contribution is 0.626. The average molecular weight is 377 g/mol. The molecule has 0 amide bonds. The molecule has 0 aromatic carbocycles. The second kappa shape index (κ2) is 9.75. The van der Waals surface area contributed by atoms with Crippen LogP contribution in [0.25, 0.3) is 26.9 Å². The maximum Gasteiger partial charge on any atom is 0.101 e. The summed E-state index contributed by atoms with van der Waals surface area (Å²) < 4.78 is 1.06. The summed E-state index contributed by atoms with van der Waals surface area (Å²) in [5.74, 6) is 0.884. The van der Waals surface area contributed by atoms with E-state index in [0.29, 0.717) is 5.56 Å². The third-order valence-corrected chi connectivity index (χ3v) is 5.16. The van der Waals surface area contributed by atoms with Crippen molar-refractivity contribution in [1.82, 2.24) is 9.97 Å². The molecular formula is C22H24N4S. The lowest BCUT2D eigenvalue weighted by Gasteiger charge is -2.04. The number of nitriles is 1. The third-order valence-electron chi connectivity index (χ3n) is 4.23. The molecule has 0 aliphatic rings. The van der Waals surface area contributed by atoms with Crippen molar-refractivity contribution in [3.8, 4) is 17.2 Å². The number of pyridine rings is 2. The molecule has 1 N–H and O–H groups in total. The Hall–Kier alpha value is -2.84. The van der Waals surface area contributed by atoms with Crippen LogP contribution < -0.4 is 0 Å². The van der Waals surface area contributed by atoms with Gasteiger partial charge in [0.1, 0.15) is 6.07 Å². The Morgan fingerprint density at radius 2 is 2.04 bits per heavy atom. The Balaban J connectivity index is 0.000000465. The van der Waals surface area contributed by atoms with Gasteiger partial charge >= 0.3 is 0 Å². The van der Waals surface area contributed by atoms with Gasteiger partial charge in [0.2, 0.25) is 0 Å². The van der Waals surface area contributed by atoms with E-state index in [9.17, 15) is 5.26 Å². The number of aromatic nitrogens is 2. The van der Waals surface area contributed by atoms with Crippen LogP contribution in [0.2, 0.25) is 0 Å². The number of nitrogens with zero attached hydrogens (tertiary/aromatic N) is 3. The Morgan fingerprint density at radius 1 is 1.30 bits per heavy atom. The van der Waals surface area contributed by atoms with Gasteiger partial charge in [-0.15, -0.1) is 11.3 Å². The summed E-state index contributed by atoms with van der Waals surface area (Å²) in [5, 5.41) is 18.7. The van der Waals surface area contributed by atoms with Crippen LogP contribution in [0.1, 0.15) is 45.4 Å². The summed E-state index contributed by atoms with van der Waals surface area (Å²) in [7, 11) is 0. The summed E-state index contributed by atoms with van der Waals surface area (Å²) in [6, 6.07) is 7.93. The number of rotatable bonds is 4. The van der Waals surface area contributed by atoms with Gasteiger partial charge in [0.15, 0.2) is 0 Å².